The number of rotatable bonds is 5. The molecule has 0 fully saturated rings. The molecular weight excluding hydrogens is 382 g/mol. The number of anilines is 2. The lowest BCUT2D eigenvalue weighted by molar-refractivity contribution is 0.0601. The molecule has 0 unspecified atom stereocenters. The van der Waals surface area contributed by atoms with Crippen LogP contribution in [-0.4, -0.2) is 34.7 Å². The summed E-state index contributed by atoms with van der Waals surface area (Å²) in [5.41, 5.74) is 4.45. The average Bonchev–Trinajstić information content (AvgIpc) is 3.11. The number of pyridine rings is 1. The largest absolute Gasteiger partial charge is 0.504 e. The zero-order valence-electron chi connectivity index (χ0n) is 16.8. The third-order valence-electron chi connectivity index (χ3n) is 4.77. The Bertz CT molecular complexity index is 1250. The van der Waals surface area contributed by atoms with Crippen LogP contribution in [-0.2, 0) is 4.74 Å². The van der Waals surface area contributed by atoms with Gasteiger partial charge in [0, 0.05) is 17.4 Å². The van der Waals surface area contributed by atoms with E-state index in [9.17, 15) is 9.90 Å². The molecule has 2 aromatic heterocycles. The lowest BCUT2D eigenvalue weighted by atomic mass is 10.1. The summed E-state index contributed by atoms with van der Waals surface area (Å²) in [6.45, 7) is 2.00. The molecule has 0 aliphatic carbocycles. The van der Waals surface area contributed by atoms with E-state index in [0.29, 0.717) is 22.7 Å². The molecule has 7 nitrogen and oxygen atoms in total. The van der Waals surface area contributed by atoms with E-state index in [0.717, 1.165) is 22.6 Å². The van der Waals surface area contributed by atoms with Gasteiger partial charge < -0.3 is 19.9 Å². The molecule has 0 amide bonds. The third kappa shape index (κ3) is 3.53. The van der Waals surface area contributed by atoms with Gasteiger partial charge in [0.15, 0.2) is 11.5 Å². The van der Waals surface area contributed by atoms with Crippen LogP contribution in [0.2, 0.25) is 0 Å². The van der Waals surface area contributed by atoms with Crippen molar-refractivity contribution >= 4 is 23.1 Å². The Morgan fingerprint density at radius 2 is 1.93 bits per heavy atom. The number of benzene rings is 2. The fourth-order valence-electron chi connectivity index (χ4n) is 3.28. The number of aromatic hydroxyl groups is 1. The molecule has 0 aliphatic heterocycles. The van der Waals surface area contributed by atoms with Crippen molar-refractivity contribution in [3.05, 3.63) is 71.9 Å². The number of phenolic OH excluding ortho intramolecular Hbond substituents is 1. The van der Waals surface area contributed by atoms with Crippen LogP contribution < -0.4 is 10.1 Å². The fraction of sp³-hybridized carbons (Fsp3) is 0.130. The highest BCUT2D eigenvalue weighted by Crippen LogP contribution is 2.36. The molecule has 0 saturated heterocycles. The van der Waals surface area contributed by atoms with Crippen molar-refractivity contribution in [2.45, 2.75) is 6.92 Å². The van der Waals surface area contributed by atoms with E-state index in [-0.39, 0.29) is 5.75 Å². The average molecular weight is 403 g/mol. The van der Waals surface area contributed by atoms with Gasteiger partial charge >= 0.3 is 5.97 Å². The van der Waals surface area contributed by atoms with Crippen LogP contribution in [0.25, 0.3) is 16.9 Å². The van der Waals surface area contributed by atoms with Gasteiger partial charge in [0.2, 0.25) is 0 Å². The van der Waals surface area contributed by atoms with Crippen molar-refractivity contribution in [1.29, 1.82) is 0 Å². The normalized spacial score (nSPS) is 10.8. The van der Waals surface area contributed by atoms with Gasteiger partial charge in [0.05, 0.1) is 19.8 Å². The summed E-state index contributed by atoms with van der Waals surface area (Å²) in [7, 11) is 2.86. The van der Waals surface area contributed by atoms with Gasteiger partial charge in [-0.25, -0.2) is 9.78 Å². The van der Waals surface area contributed by atoms with E-state index in [1.807, 2.05) is 35.7 Å². The molecule has 0 atom stereocenters. The zero-order valence-corrected chi connectivity index (χ0v) is 16.8. The van der Waals surface area contributed by atoms with E-state index in [4.69, 9.17) is 14.5 Å². The number of phenols is 1. The molecule has 0 aliphatic rings. The highest BCUT2D eigenvalue weighted by atomic mass is 16.5. The monoisotopic (exact) mass is 403 g/mol. The number of ether oxygens (including phenoxy) is 2. The molecule has 0 spiro atoms. The van der Waals surface area contributed by atoms with Gasteiger partial charge in [0.25, 0.3) is 0 Å². The summed E-state index contributed by atoms with van der Waals surface area (Å²) in [5.74, 6) is 0.736. The maximum Gasteiger partial charge on any atom is 0.337 e. The number of imidazole rings is 1. The van der Waals surface area contributed by atoms with E-state index in [2.05, 4.69) is 5.32 Å². The standard InChI is InChI=1S/C23H21N3O4/c1-14-7-10-20-25-21(15-8-9-18(27)19(12-15)29-2)22(26(20)13-14)24-17-6-4-5-16(11-17)23(28)30-3/h4-13,24,27H,1-3H3. The van der Waals surface area contributed by atoms with Gasteiger partial charge in [-0.2, -0.15) is 0 Å². The lowest BCUT2D eigenvalue weighted by Gasteiger charge is -2.11. The summed E-state index contributed by atoms with van der Waals surface area (Å²) < 4.78 is 12.0. The molecule has 2 aromatic carbocycles. The maximum absolute atomic E-state index is 11.9. The molecule has 4 aromatic rings. The molecule has 30 heavy (non-hydrogen) atoms. The van der Waals surface area contributed by atoms with Crippen molar-refractivity contribution < 1.29 is 19.4 Å². The highest BCUT2D eigenvalue weighted by molar-refractivity contribution is 5.91. The number of fused-ring (bicyclic) bond motifs is 1. The quantitative estimate of drug-likeness (QED) is 0.476. The first kappa shape index (κ1) is 19.3. The van der Waals surface area contributed by atoms with Gasteiger partial charge in [-0.15, -0.1) is 0 Å². The topological polar surface area (TPSA) is 85.1 Å². The second kappa shape index (κ2) is 7.79. The minimum Gasteiger partial charge on any atom is -0.504 e. The number of carbonyl (C=O) groups is 1. The van der Waals surface area contributed by atoms with Crippen molar-refractivity contribution in [1.82, 2.24) is 9.38 Å². The van der Waals surface area contributed by atoms with Crippen LogP contribution in [0.1, 0.15) is 15.9 Å². The van der Waals surface area contributed by atoms with E-state index < -0.39 is 5.97 Å². The third-order valence-corrected chi connectivity index (χ3v) is 4.77. The number of hydrogen-bond donors (Lipinski definition) is 2. The maximum atomic E-state index is 11.9. The summed E-state index contributed by atoms with van der Waals surface area (Å²) in [4.78, 5) is 16.7. The number of nitrogens with one attached hydrogen (secondary N) is 1. The number of methoxy groups -OCH3 is 2. The Balaban J connectivity index is 1.87. The van der Waals surface area contributed by atoms with Crippen molar-refractivity contribution in [2.24, 2.45) is 0 Å². The Labute approximate surface area is 173 Å². The van der Waals surface area contributed by atoms with Crippen molar-refractivity contribution in [3.63, 3.8) is 0 Å². The molecule has 2 N–H and O–H groups in total. The second-order valence-electron chi connectivity index (χ2n) is 6.83. The number of carbonyl (C=O) groups excluding carboxylic acids is 1. The van der Waals surface area contributed by atoms with Crippen LogP contribution in [0.3, 0.4) is 0 Å². The van der Waals surface area contributed by atoms with E-state index >= 15 is 0 Å². The first-order chi connectivity index (χ1) is 14.5. The van der Waals surface area contributed by atoms with Crippen LogP contribution in [0, 0.1) is 6.92 Å². The predicted octanol–water partition coefficient (Wildman–Crippen LogP) is 4.55. The molecule has 0 saturated carbocycles. The SMILES string of the molecule is COC(=O)c1cccc(Nc2c(-c3ccc(O)c(OC)c3)nc3ccc(C)cn23)c1. The first-order valence-corrected chi connectivity index (χ1v) is 9.31. The number of hydrogen-bond acceptors (Lipinski definition) is 6. The molecule has 0 radical (unpaired) electrons. The molecular formula is C23H21N3O4. The van der Waals surface area contributed by atoms with Crippen molar-refractivity contribution in [3.8, 4) is 22.8 Å². The minimum absolute atomic E-state index is 0.0566. The lowest BCUT2D eigenvalue weighted by Crippen LogP contribution is -2.03. The Morgan fingerprint density at radius 3 is 2.70 bits per heavy atom. The molecule has 152 valence electrons. The first-order valence-electron chi connectivity index (χ1n) is 9.31. The number of aryl methyl sites for hydroxylation is 1. The second-order valence-corrected chi connectivity index (χ2v) is 6.83. The summed E-state index contributed by atoms with van der Waals surface area (Å²) in [6.07, 6.45) is 1.98. The Morgan fingerprint density at radius 1 is 1.10 bits per heavy atom. The summed E-state index contributed by atoms with van der Waals surface area (Å²) in [5, 5.41) is 13.3. The van der Waals surface area contributed by atoms with Gasteiger partial charge in [-0.1, -0.05) is 12.1 Å². The number of esters is 1. The molecule has 2 heterocycles. The van der Waals surface area contributed by atoms with Gasteiger partial charge in [-0.05, 0) is 55.0 Å². The predicted molar refractivity (Wildman–Crippen MR) is 115 cm³/mol. The minimum atomic E-state index is -0.406. The Hall–Kier alpha value is -4.00. The zero-order chi connectivity index (χ0) is 21.3. The van der Waals surface area contributed by atoms with E-state index in [1.54, 1.807) is 36.4 Å². The van der Waals surface area contributed by atoms with Crippen LogP contribution in [0.5, 0.6) is 11.5 Å². The molecule has 7 heteroatoms. The Kier molecular flexibility index (Phi) is 5.02. The number of aromatic nitrogens is 2. The highest BCUT2D eigenvalue weighted by Gasteiger charge is 2.17. The van der Waals surface area contributed by atoms with Gasteiger partial charge in [-0.3, -0.25) is 4.40 Å². The fourth-order valence-corrected chi connectivity index (χ4v) is 3.28. The smallest absolute Gasteiger partial charge is 0.337 e. The van der Waals surface area contributed by atoms with Gasteiger partial charge in [0.1, 0.15) is 17.2 Å². The summed E-state index contributed by atoms with van der Waals surface area (Å²) >= 11 is 0. The van der Waals surface area contributed by atoms with Crippen LogP contribution >= 0.6 is 0 Å². The number of nitrogens with zero attached hydrogens (tertiary/aromatic N) is 2. The molecule has 0 bridgehead atoms. The molecule has 4 rings (SSSR count). The summed E-state index contributed by atoms with van der Waals surface area (Å²) in [6, 6.07) is 16.1. The van der Waals surface area contributed by atoms with E-state index in [1.165, 1.54) is 14.2 Å². The van der Waals surface area contributed by atoms with Crippen LogP contribution in [0.4, 0.5) is 11.5 Å². The van der Waals surface area contributed by atoms with Crippen LogP contribution in [0.15, 0.2) is 60.8 Å². The van der Waals surface area contributed by atoms with Crippen molar-refractivity contribution in [2.75, 3.05) is 19.5 Å².